The SMILES string of the molecule is c1ccc(-c2ccc3cccc(-c4nc(-c5ccc6ccccc6c5)nc(-n5c6cccc7c6c6c8c(ccc9sc%10cccc-7c%10c98)ccc65)n4)c3c2)cc1. The first-order valence-corrected chi connectivity index (χ1v) is 19.8. The van der Waals surface area contributed by atoms with Gasteiger partial charge in [-0.05, 0) is 85.6 Å². The first-order chi connectivity index (χ1) is 27.7. The lowest BCUT2D eigenvalue weighted by Crippen LogP contribution is -2.06. The minimum atomic E-state index is 0.599. The topological polar surface area (TPSA) is 43.6 Å². The van der Waals surface area contributed by atoms with E-state index in [1.54, 1.807) is 0 Å². The Labute approximate surface area is 324 Å². The largest absolute Gasteiger partial charge is 0.278 e. The zero-order valence-electron chi connectivity index (χ0n) is 29.9. The minimum absolute atomic E-state index is 0.599. The molecule has 0 unspecified atom stereocenters. The van der Waals surface area contributed by atoms with Crippen LogP contribution in [-0.4, -0.2) is 19.5 Å². The van der Waals surface area contributed by atoms with Crippen LogP contribution in [0.2, 0.25) is 0 Å². The van der Waals surface area contributed by atoms with Crippen LogP contribution in [0.4, 0.5) is 0 Å². The third-order valence-electron chi connectivity index (χ3n) is 11.7. The predicted octanol–water partition coefficient (Wildman–Crippen LogP) is 13.8. The van der Waals surface area contributed by atoms with Crippen molar-refractivity contribution in [3.8, 4) is 51.0 Å². The minimum Gasteiger partial charge on any atom is -0.278 e. The van der Waals surface area contributed by atoms with E-state index in [9.17, 15) is 0 Å². The lowest BCUT2D eigenvalue weighted by atomic mass is 9.98. The van der Waals surface area contributed by atoms with Gasteiger partial charge < -0.3 is 0 Å². The lowest BCUT2D eigenvalue weighted by Gasteiger charge is -2.14. The molecular weight excluding hydrogens is 701 g/mol. The first-order valence-electron chi connectivity index (χ1n) is 18.9. The van der Waals surface area contributed by atoms with Crippen LogP contribution in [-0.2, 0) is 0 Å². The van der Waals surface area contributed by atoms with E-state index in [0.29, 0.717) is 17.6 Å². The molecule has 4 nitrogen and oxygen atoms in total. The monoisotopic (exact) mass is 728 g/mol. The van der Waals surface area contributed by atoms with Crippen LogP contribution in [0.1, 0.15) is 0 Å². The number of fused-ring (bicyclic) bond motifs is 3. The molecule has 0 atom stereocenters. The summed E-state index contributed by atoms with van der Waals surface area (Å²) in [5.41, 5.74) is 8.93. The molecule has 1 aliphatic carbocycles. The van der Waals surface area contributed by atoms with Gasteiger partial charge in [0.15, 0.2) is 11.6 Å². The zero-order valence-corrected chi connectivity index (χ0v) is 30.7. The predicted molar refractivity (Wildman–Crippen MR) is 235 cm³/mol. The summed E-state index contributed by atoms with van der Waals surface area (Å²) >= 11 is 1.88. The van der Waals surface area contributed by atoms with Crippen molar-refractivity contribution >= 4 is 85.6 Å². The van der Waals surface area contributed by atoms with Crippen LogP contribution < -0.4 is 0 Å². The highest BCUT2D eigenvalue weighted by Crippen LogP contribution is 2.52. The summed E-state index contributed by atoms with van der Waals surface area (Å²) in [6.45, 7) is 0. The van der Waals surface area contributed by atoms with Crippen molar-refractivity contribution in [2.24, 2.45) is 0 Å². The molecule has 0 saturated carbocycles. The standard InChI is InChI=1S/C51H28N4S/c1-2-9-29(10-3-1)34-21-20-31-13-6-16-38(39(31)28-34)50-52-49(35-22-19-30-11-4-5-12-33(30)27-35)53-51(54-50)55-40-17-7-14-36-37-15-8-18-42-46(37)48-43(56-42)26-24-32-23-25-41(55)47(44(32)48)45(36)40/h1-28H. The highest BCUT2D eigenvalue weighted by molar-refractivity contribution is 7.26. The highest BCUT2D eigenvalue weighted by atomic mass is 32.1. The molecule has 0 spiro atoms. The fraction of sp³-hybridized carbons (Fsp3) is 0. The van der Waals surface area contributed by atoms with Gasteiger partial charge in [0.25, 0.3) is 0 Å². The molecule has 5 heteroatoms. The number of thiophene rings is 1. The molecule has 0 saturated heterocycles. The average Bonchev–Trinajstić information content (AvgIpc) is 3.78. The van der Waals surface area contributed by atoms with Crippen molar-refractivity contribution in [1.82, 2.24) is 19.5 Å². The maximum atomic E-state index is 5.45. The second kappa shape index (κ2) is 11.2. The number of aromatic nitrogens is 4. The molecule has 0 fully saturated rings. The summed E-state index contributed by atoms with van der Waals surface area (Å²) in [6.07, 6.45) is 0. The Morgan fingerprint density at radius 2 is 1.04 bits per heavy atom. The van der Waals surface area contributed by atoms with Gasteiger partial charge in [0.05, 0.1) is 11.0 Å². The molecule has 56 heavy (non-hydrogen) atoms. The van der Waals surface area contributed by atoms with E-state index in [-0.39, 0.29) is 0 Å². The molecule has 258 valence electrons. The molecule has 12 aromatic rings. The van der Waals surface area contributed by atoms with E-state index in [2.05, 4.69) is 174 Å². The summed E-state index contributed by atoms with van der Waals surface area (Å²) in [6, 6.07) is 61.1. The first kappa shape index (κ1) is 30.2. The normalized spacial score (nSPS) is 12.3. The van der Waals surface area contributed by atoms with Crippen LogP contribution in [0.3, 0.4) is 0 Å². The fourth-order valence-electron chi connectivity index (χ4n) is 9.26. The van der Waals surface area contributed by atoms with E-state index in [4.69, 9.17) is 15.0 Å². The van der Waals surface area contributed by atoms with Gasteiger partial charge in [-0.2, -0.15) is 9.97 Å². The molecule has 0 radical (unpaired) electrons. The Kier molecular flexibility index (Phi) is 6.01. The maximum absolute atomic E-state index is 5.45. The Hall–Kier alpha value is -7.21. The molecule has 0 amide bonds. The molecule has 0 aliphatic heterocycles. The molecule has 0 bridgehead atoms. The summed E-state index contributed by atoms with van der Waals surface area (Å²) in [7, 11) is 0. The zero-order chi connectivity index (χ0) is 36.5. The number of benzene rings is 9. The van der Waals surface area contributed by atoms with Crippen molar-refractivity contribution in [1.29, 1.82) is 0 Å². The molecule has 3 aromatic heterocycles. The number of nitrogens with zero attached hydrogens (tertiary/aromatic N) is 4. The summed E-state index contributed by atoms with van der Waals surface area (Å²) in [4.78, 5) is 16.1. The van der Waals surface area contributed by atoms with Gasteiger partial charge in [0, 0.05) is 47.5 Å². The van der Waals surface area contributed by atoms with Crippen molar-refractivity contribution in [2.75, 3.05) is 0 Å². The van der Waals surface area contributed by atoms with Gasteiger partial charge in [-0.15, -0.1) is 11.3 Å². The second-order valence-electron chi connectivity index (χ2n) is 14.8. The molecule has 9 aromatic carbocycles. The van der Waals surface area contributed by atoms with Crippen LogP contribution in [0, 0.1) is 0 Å². The fourth-order valence-corrected chi connectivity index (χ4v) is 10.4. The van der Waals surface area contributed by atoms with Crippen LogP contribution in [0.25, 0.3) is 125 Å². The Bertz CT molecular complexity index is 3650. The lowest BCUT2D eigenvalue weighted by molar-refractivity contribution is 0.955. The number of hydrogen-bond acceptors (Lipinski definition) is 4. The highest BCUT2D eigenvalue weighted by Gasteiger charge is 2.26. The van der Waals surface area contributed by atoms with Gasteiger partial charge in [-0.25, -0.2) is 4.98 Å². The molecule has 1 aliphatic rings. The molecule has 0 N–H and O–H groups in total. The van der Waals surface area contributed by atoms with Gasteiger partial charge >= 0.3 is 0 Å². The molecular formula is C51H28N4S. The van der Waals surface area contributed by atoms with Crippen molar-refractivity contribution in [3.05, 3.63) is 170 Å². The second-order valence-corrected chi connectivity index (χ2v) is 15.8. The van der Waals surface area contributed by atoms with E-state index in [1.807, 2.05) is 11.3 Å². The summed E-state index contributed by atoms with van der Waals surface area (Å²) in [5, 5.41) is 12.3. The van der Waals surface area contributed by atoms with Gasteiger partial charge in [0.1, 0.15) is 0 Å². The molecule has 3 heterocycles. The third kappa shape index (κ3) is 4.15. The van der Waals surface area contributed by atoms with Gasteiger partial charge in [-0.3, -0.25) is 4.57 Å². The van der Waals surface area contributed by atoms with Gasteiger partial charge in [0.2, 0.25) is 5.95 Å². The van der Waals surface area contributed by atoms with E-state index in [1.165, 1.54) is 63.8 Å². The average molecular weight is 729 g/mol. The molecule has 13 rings (SSSR count). The van der Waals surface area contributed by atoms with Crippen molar-refractivity contribution in [2.45, 2.75) is 0 Å². The summed E-state index contributed by atoms with van der Waals surface area (Å²) < 4.78 is 4.91. The van der Waals surface area contributed by atoms with E-state index >= 15 is 0 Å². The van der Waals surface area contributed by atoms with E-state index in [0.717, 1.165) is 43.9 Å². The Balaban J connectivity index is 1.15. The third-order valence-corrected chi connectivity index (χ3v) is 12.9. The maximum Gasteiger partial charge on any atom is 0.238 e. The van der Waals surface area contributed by atoms with Crippen LogP contribution in [0.5, 0.6) is 0 Å². The van der Waals surface area contributed by atoms with Crippen LogP contribution in [0.15, 0.2) is 170 Å². The van der Waals surface area contributed by atoms with E-state index < -0.39 is 0 Å². The number of hydrogen-bond donors (Lipinski definition) is 0. The smallest absolute Gasteiger partial charge is 0.238 e. The Morgan fingerprint density at radius 3 is 1.96 bits per heavy atom. The summed E-state index contributed by atoms with van der Waals surface area (Å²) in [5.74, 6) is 1.88. The van der Waals surface area contributed by atoms with Crippen molar-refractivity contribution < 1.29 is 0 Å². The van der Waals surface area contributed by atoms with Crippen molar-refractivity contribution in [3.63, 3.8) is 0 Å². The Morgan fingerprint density at radius 1 is 0.357 bits per heavy atom. The van der Waals surface area contributed by atoms with Gasteiger partial charge in [-0.1, -0.05) is 133 Å². The van der Waals surface area contributed by atoms with Crippen LogP contribution >= 0.6 is 11.3 Å². The quantitative estimate of drug-likeness (QED) is 0.181. The number of rotatable bonds is 4.